The van der Waals surface area contributed by atoms with Crippen LogP contribution < -0.4 is 10.1 Å². The Kier molecular flexibility index (Phi) is 7.00. The fourth-order valence-corrected chi connectivity index (χ4v) is 5.89. The SMILES string of the molecule is CCN1C2=C(C(=O)CCC2)C(c2ccc(OCC(=O)Nc3cc(C)ccc3C)cc2)C2=C1CCCC2=O. The summed E-state index contributed by atoms with van der Waals surface area (Å²) in [5.74, 6) is 0.320. The maximum atomic E-state index is 13.2. The third-order valence-electron chi connectivity index (χ3n) is 7.65. The smallest absolute Gasteiger partial charge is 0.262 e. The first kappa shape index (κ1) is 25.0. The molecular weight excluding hydrogens is 464 g/mol. The molecule has 2 aliphatic carbocycles. The minimum Gasteiger partial charge on any atom is -0.484 e. The highest BCUT2D eigenvalue weighted by molar-refractivity contribution is 6.06. The molecule has 2 aromatic carbocycles. The van der Waals surface area contributed by atoms with Gasteiger partial charge in [0.25, 0.3) is 5.91 Å². The van der Waals surface area contributed by atoms with Crippen LogP contribution in [0.2, 0.25) is 0 Å². The van der Waals surface area contributed by atoms with Crippen LogP contribution in [0.25, 0.3) is 0 Å². The second-order valence-electron chi connectivity index (χ2n) is 10.2. The van der Waals surface area contributed by atoms with Gasteiger partial charge in [0.15, 0.2) is 18.2 Å². The Morgan fingerprint density at radius 2 is 1.54 bits per heavy atom. The van der Waals surface area contributed by atoms with Crippen molar-refractivity contribution >= 4 is 23.2 Å². The van der Waals surface area contributed by atoms with Gasteiger partial charge in [-0.1, -0.05) is 24.3 Å². The second kappa shape index (κ2) is 10.4. The lowest BCUT2D eigenvalue weighted by molar-refractivity contribution is -0.118. The van der Waals surface area contributed by atoms with Gasteiger partial charge in [0.1, 0.15) is 5.75 Å². The van der Waals surface area contributed by atoms with E-state index >= 15 is 0 Å². The first-order chi connectivity index (χ1) is 17.9. The monoisotopic (exact) mass is 498 g/mol. The van der Waals surface area contributed by atoms with E-state index in [0.29, 0.717) is 18.6 Å². The summed E-state index contributed by atoms with van der Waals surface area (Å²) in [7, 11) is 0. The number of nitrogens with zero attached hydrogens (tertiary/aromatic N) is 1. The number of Topliss-reactive ketones (excluding diaryl/α,β-unsaturated/α-hetero) is 2. The Morgan fingerprint density at radius 1 is 0.919 bits per heavy atom. The van der Waals surface area contributed by atoms with Crippen molar-refractivity contribution < 1.29 is 19.1 Å². The number of carbonyl (C=O) groups is 3. The predicted molar refractivity (Wildman–Crippen MR) is 143 cm³/mol. The number of benzene rings is 2. The van der Waals surface area contributed by atoms with E-state index < -0.39 is 0 Å². The Balaban J connectivity index is 1.37. The van der Waals surface area contributed by atoms with Crippen LogP contribution in [0.5, 0.6) is 5.75 Å². The summed E-state index contributed by atoms with van der Waals surface area (Å²) in [4.78, 5) is 41.1. The minimum atomic E-state index is -0.324. The Morgan fingerprint density at radius 3 is 2.14 bits per heavy atom. The summed E-state index contributed by atoms with van der Waals surface area (Å²) in [6.07, 6.45) is 4.50. The summed E-state index contributed by atoms with van der Waals surface area (Å²) < 4.78 is 5.76. The standard InChI is InChI=1S/C31H34N2O4/c1-4-33-24-7-5-9-26(34)30(24)29(31-25(33)8-6-10-27(31)35)21-13-15-22(16-14-21)37-18-28(36)32-23-17-19(2)11-12-20(23)3/h11-17,29H,4-10,18H2,1-3H3,(H,32,36). The fraction of sp³-hybridized carbons (Fsp3) is 0.387. The number of rotatable bonds is 6. The lowest BCUT2D eigenvalue weighted by atomic mass is 9.71. The zero-order chi connectivity index (χ0) is 26.1. The number of carbonyl (C=O) groups excluding carboxylic acids is 3. The number of hydrogen-bond acceptors (Lipinski definition) is 5. The number of aryl methyl sites for hydroxylation is 2. The highest BCUT2D eigenvalue weighted by Gasteiger charge is 2.42. The molecule has 192 valence electrons. The van der Waals surface area contributed by atoms with E-state index in [-0.39, 0.29) is 30.0 Å². The number of hydrogen-bond donors (Lipinski definition) is 1. The van der Waals surface area contributed by atoms with Crippen LogP contribution >= 0.6 is 0 Å². The van der Waals surface area contributed by atoms with Gasteiger partial charge in [-0.15, -0.1) is 0 Å². The van der Waals surface area contributed by atoms with E-state index in [2.05, 4.69) is 17.1 Å². The summed E-state index contributed by atoms with van der Waals surface area (Å²) in [5.41, 5.74) is 7.56. The van der Waals surface area contributed by atoms with Gasteiger partial charge >= 0.3 is 0 Å². The average Bonchev–Trinajstić information content (AvgIpc) is 2.89. The van der Waals surface area contributed by atoms with Gasteiger partial charge in [-0.3, -0.25) is 14.4 Å². The zero-order valence-corrected chi connectivity index (χ0v) is 21.9. The molecule has 0 unspecified atom stereocenters. The van der Waals surface area contributed by atoms with Gasteiger partial charge in [-0.05, 0) is 81.3 Å². The number of ether oxygens (including phenoxy) is 1. The van der Waals surface area contributed by atoms with Crippen LogP contribution in [-0.4, -0.2) is 35.5 Å². The molecule has 1 aliphatic heterocycles. The molecule has 6 nitrogen and oxygen atoms in total. The molecule has 0 bridgehead atoms. The molecule has 0 spiro atoms. The van der Waals surface area contributed by atoms with E-state index in [1.165, 1.54) is 0 Å². The van der Waals surface area contributed by atoms with Crippen LogP contribution in [0.1, 0.15) is 68.1 Å². The Bertz CT molecular complexity index is 1280. The quantitative estimate of drug-likeness (QED) is 0.549. The second-order valence-corrected chi connectivity index (χ2v) is 10.2. The normalized spacial score (nSPS) is 18.1. The first-order valence-electron chi connectivity index (χ1n) is 13.3. The largest absolute Gasteiger partial charge is 0.484 e. The molecule has 0 saturated carbocycles. The molecule has 0 saturated heterocycles. The van der Waals surface area contributed by atoms with E-state index in [0.717, 1.165) is 77.1 Å². The third-order valence-corrected chi connectivity index (χ3v) is 7.65. The maximum Gasteiger partial charge on any atom is 0.262 e. The highest BCUT2D eigenvalue weighted by atomic mass is 16.5. The highest BCUT2D eigenvalue weighted by Crippen LogP contribution is 2.49. The summed E-state index contributed by atoms with van der Waals surface area (Å²) in [5, 5.41) is 2.91. The molecule has 3 aliphatic rings. The molecule has 0 atom stereocenters. The topological polar surface area (TPSA) is 75.7 Å². The van der Waals surface area contributed by atoms with E-state index in [1.807, 2.05) is 56.3 Å². The van der Waals surface area contributed by atoms with Crippen molar-refractivity contribution in [2.45, 2.75) is 65.2 Å². The lowest BCUT2D eigenvalue weighted by Crippen LogP contribution is -2.39. The van der Waals surface area contributed by atoms with Gasteiger partial charge in [-0.2, -0.15) is 0 Å². The van der Waals surface area contributed by atoms with Gasteiger partial charge in [0.05, 0.1) is 0 Å². The van der Waals surface area contributed by atoms with Crippen LogP contribution in [-0.2, 0) is 14.4 Å². The van der Waals surface area contributed by atoms with E-state index in [9.17, 15) is 14.4 Å². The molecule has 0 fully saturated rings. The molecule has 1 amide bonds. The molecule has 0 radical (unpaired) electrons. The van der Waals surface area contributed by atoms with Gasteiger partial charge < -0.3 is 15.0 Å². The van der Waals surface area contributed by atoms with Crippen molar-refractivity contribution in [2.24, 2.45) is 0 Å². The van der Waals surface area contributed by atoms with Gasteiger partial charge in [0.2, 0.25) is 0 Å². The van der Waals surface area contributed by atoms with E-state index in [4.69, 9.17) is 4.74 Å². The van der Waals surface area contributed by atoms with Crippen LogP contribution in [0.4, 0.5) is 5.69 Å². The van der Waals surface area contributed by atoms with Crippen molar-refractivity contribution in [2.75, 3.05) is 18.5 Å². The lowest BCUT2D eigenvalue weighted by Gasteiger charge is -2.43. The van der Waals surface area contributed by atoms with Crippen LogP contribution in [0.15, 0.2) is 65.0 Å². The molecule has 5 rings (SSSR count). The number of ketones is 2. The Labute approximate surface area is 218 Å². The van der Waals surface area contributed by atoms with Crippen LogP contribution in [0, 0.1) is 13.8 Å². The van der Waals surface area contributed by atoms with Gasteiger partial charge in [-0.25, -0.2) is 0 Å². The molecule has 37 heavy (non-hydrogen) atoms. The predicted octanol–water partition coefficient (Wildman–Crippen LogP) is 5.75. The number of nitrogens with one attached hydrogen (secondary N) is 1. The van der Waals surface area contributed by atoms with Gasteiger partial charge in [0, 0.05) is 53.5 Å². The average molecular weight is 499 g/mol. The molecule has 0 aromatic heterocycles. The first-order valence-corrected chi connectivity index (χ1v) is 13.3. The Hall–Kier alpha value is -3.67. The molecule has 1 heterocycles. The van der Waals surface area contributed by atoms with Crippen molar-refractivity contribution in [3.63, 3.8) is 0 Å². The zero-order valence-electron chi connectivity index (χ0n) is 21.9. The van der Waals surface area contributed by atoms with Crippen LogP contribution in [0.3, 0.4) is 0 Å². The maximum absolute atomic E-state index is 13.2. The molecule has 1 N–H and O–H groups in total. The van der Waals surface area contributed by atoms with Crippen molar-refractivity contribution in [3.05, 3.63) is 81.7 Å². The summed E-state index contributed by atoms with van der Waals surface area (Å²) in [6.45, 7) is 6.69. The summed E-state index contributed by atoms with van der Waals surface area (Å²) >= 11 is 0. The van der Waals surface area contributed by atoms with Crippen molar-refractivity contribution in [1.82, 2.24) is 4.90 Å². The number of allylic oxidation sites excluding steroid dienone is 4. The number of anilines is 1. The van der Waals surface area contributed by atoms with E-state index in [1.54, 1.807) is 0 Å². The van der Waals surface area contributed by atoms with Crippen molar-refractivity contribution in [1.29, 1.82) is 0 Å². The third kappa shape index (κ3) is 4.85. The fourth-order valence-electron chi connectivity index (χ4n) is 5.89. The molecule has 6 heteroatoms. The minimum absolute atomic E-state index is 0.108. The summed E-state index contributed by atoms with van der Waals surface area (Å²) in [6, 6.07) is 13.4. The number of amides is 1. The molecular formula is C31H34N2O4. The molecule has 2 aromatic rings. The van der Waals surface area contributed by atoms with Crippen molar-refractivity contribution in [3.8, 4) is 5.75 Å².